The fourth-order valence-electron chi connectivity index (χ4n) is 5.47. The summed E-state index contributed by atoms with van der Waals surface area (Å²) in [6.07, 6.45) is 4.82. The van der Waals surface area contributed by atoms with E-state index >= 15 is 0 Å². The Hall–Kier alpha value is -3.19. The molecule has 3 aliphatic rings. The van der Waals surface area contributed by atoms with Crippen LogP contribution in [0.15, 0.2) is 36.4 Å². The van der Waals surface area contributed by atoms with Crippen LogP contribution in [0, 0.1) is 0 Å². The van der Waals surface area contributed by atoms with Gasteiger partial charge in [-0.05, 0) is 73.0 Å². The number of imide groups is 1. The molecule has 7 nitrogen and oxygen atoms in total. The lowest BCUT2D eigenvalue weighted by Crippen LogP contribution is -2.52. The van der Waals surface area contributed by atoms with Crippen LogP contribution in [0.2, 0.25) is 0 Å². The van der Waals surface area contributed by atoms with E-state index in [1.54, 1.807) is 4.90 Å². The summed E-state index contributed by atoms with van der Waals surface area (Å²) in [6.45, 7) is 2.81. The maximum absolute atomic E-state index is 13.1. The highest BCUT2D eigenvalue weighted by Crippen LogP contribution is 2.34. The number of carbonyl (C=O) groups is 3. The Labute approximate surface area is 193 Å². The number of carbonyl (C=O) groups excluding carboxylic acids is 3. The van der Waals surface area contributed by atoms with Gasteiger partial charge in [0.25, 0.3) is 5.91 Å². The summed E-state index contributed by atoms with van der Waals surface area (Å²) in [7, 11) is 0. The third kappa shape index (κ3) is 4.02. The smallest absolute Gasteiger partial charge is 0.255 e. The first-order valence-electron chi connectivity index (χ1n) is 11.9. The van der Waals surface area contributed by atoms with E-state index in [0.29, 0.717) is 25.1 Å². The van der Waals surface area contributed by atoms with Crippen LogP contribution in [-0.4, -0.2) is 41.8 Å². The van der Waals surface area contributed by atoms with Gasteiger partial charge in [-0.1, -0.05) is 24.3 Å². The van der Waals surface area contributed by atoms with Crippen LogP contribution in [0.25, 0.3) is 0 Å². The van der Waals surface area contributed by atoms with Crippen LogP contribution in [0.1, 0.15) is 58.3 Å². The monoisotopic (exact) mass is 446 g/mol. The summed E-state index contributed by atoms with van der Waals surface area (Å²) < 4.78 is 0. The van der Waals surface area contributed by atoms with Crippen molar-refractivity contribution in [3.63, 3.8) is 0 Å². The number of nitrogens with two attached hydrogens (primary N) is 1. The molecular weight excluding hydrogens is 416 g/mol. The molecule has 3 aliphatic heterocycles. The molecule has 1 fully saturated rings. The molecule has 33 heavy (non-hydrogen) atoms. The largest absolute Gasteiger partial charge is 0.367 e. The van der Waals surface area contributed by atoms with E-state index in [1.807, 2.05) is 12.1 Å². The van der Waals surface area contributed by atoms with Crippen LogP contribution >= 0.6 is 0 Å². The first-order chi connectivity index (χ1) is 16.1. The van der Waals surface area contributed by atoms with Crippen molar-refractivity contribution in [1.29, 1.82) is 0 Å². The standard InChI is InChI=1S/C26H30N4O3/c27-13-3-7-17-5-2-10-22-19(17)9-4-14-29(22)15-18-6-1-8-20-21(18)16-30(26(20)33)23-11-12-24(31)28-25(23)32/h1-2,5-6,8,10,23H,3-4,7,9,11-16,27H2,(H,28,31,32). The van der Waals surface area contributed by atoms with Gasteiger partial charge in [0, 0.05) is 37.3 Å². The number of benzene rings is 2. The zero-order valence-corrected chi connectivity index (χ0v) is 18.8. The van der Waals surface area contributed by atoms with Gasteiger partial charge in [-0.15, -0.1) is 0 Å². The molecule has 1 unspecified atom stereocenters. The van der Waals surface area contributed by atoms with Crippen LogP contribution in [0.3, 0.4) is 0 Å². The third-order valence-electron chi connectivity index (χ3n) is 7.13. The SMILES string of the molecule is NCCCc1cccc2c1CCCN2Cc1cccc2c1CN(C1CCC(=O)NC1=O)C2=O. The molecule has 5 rings (SSSR count). The molecule has 0 aliphatic carbocycles. The van der Waals surface area contributed by atoms with Gasteiger partial charge in [0.05, 0.1) is 0 Å². The van der Waals surface area contributed by atoms with Crippen LogP contribution < -0.4 is 16.0 Å². The second kappa shape index (κ2) is 8.98. The van der Waals surface area contributed by atoms with E-state index in [-0.39, 0.29) is 24.1 Å². The second-order valence-corrected chi connectivity index (χ2v) is 9.18. The average Bonchev–Trinajstić information content (AvgIpc) is 3.15. The summed E-state index contributed by atoms with van der Waals surface area (Å²) >= 11 is 0. The highest BCUT2D eigenvalue weighted by molar-refractivity contribution is 6.05. The van der Waals surface area contributed by atoms with E-state index in [9.17, 15) is 14.4 Å². The summed E-state index contributed by atoms with van der Waals surface area (Å²) in [5.74, 6) is -0.760. The van der Waals surface area contributed by atoms with Crippen LogP contribution in [-0.2, 0) is 35.5 Å². The zero-order chi connectivity index (χ0) is 22.9. The highest BCUT2D eigenvalue weighted by Gasteiger charge is 2.39. The minimum absolute atomic E-state index is 0.121. The summed E-state index contributed by atoms with van der Waals surface area (Å²) in [6, 6.07) is 11.8. The molecule has 0 radical (unpaired) electrons. The lowest BCUT2D eigenvalue weighted by Gasteiger charge is -2.33. The van der Waals surface area contributed by atoms with E-state index < -0.39 is 6.04 Å². The molecule has 3 N–H and O–H groups in total. The number of hydrogen-bond acceptors (Lipinski definition) is 5. The molecule has 2 aromatic rings. The summed E-state index contributed by atoms with van der Waals surface area (Å²) in [5.41, 5.74) is 12.6. The number of fused-ring (bicyclic) bond motifs is 2. The van der Waals surface area contributed by atoms with Crippen molar-refractivity contribution in [3.8, 4) is 0 Å². The van der Waals surface area contributed by atoms with Crippen molar-refractivity contribution in [3.05, 3.63) is 64.2 Å². The minimum atomic E-state index is -0.587. The van der Waals surface area contributed by atoms with Crippen molar-refractivity contribution >= 4 is 23.4 Å². The molecule has 3 heterocycles. The van der Waals surface area contributed by atoms with Crippen molar-refractivity contribution in [2.75, 3.05) is 18.0 Å². The zero-order valence-electron chi connectivity index (χ0n) is 18.8. The molecule has 1 atom stereocenters. The number of nitrogens with zero attached hydrogens (tertiary/aromatic N) is 2. The van der Waals surface area contributed by atoms with E-state index in [0.717, 1.165) is 49.9 Å². The second-order valence-electron chi connectivity index (χ2n) is 9.18. The Kier molecular flexibility index (Phi) is 5.89. The predicted molar refractivity (Wildman–Crippen MR) is 126 cm³/mol. The average molecular weight is 447 g/mol. The van der Waals surface area contributed by atoms with Gasteiger partial charge < -0.3 is 15.5 Å². The van der Waals surface area contributed by atoms with Gasteiger partial charge in [0.2, 0.25) is 11.8 Å². The van der Waals surface area contributed by atoms with Crippen molar-refractivity contribution in [1.82, 2.24) is 10.2 Å². The minimum Gasteiger partial charge on any atom is -0.367 e. The normalized spacial score (nSPS) is 20.0. The van der Waals surface area contributed by atoms with Crippen molar-refractivity contribution in [2.24, 2.45) is 5.73 Å². The fraction of sp³-hybridized carbons (Fsp3) is 0.423. The van der Waals surface area contributed by atoms with E-state index in [1.165, 1.54) is 16.8 Å². The first-order valence-corrected chi connectivity index (χ1v) is 11.9. The quantitative estimate of drug-likeness (QED) is 0.664. The molecule has 0 spiro atoms. The molecule has 1 saturated heterocycles. The van der Waals surface area contributed by atoms with Crippen LogP contribution in [0.5, 0.6) is 0 Å². The highest BCUT2D eigenvalue weighted by atomic mass is 16.2. The number of piperidine rings is 1. The molecule has 2 aromatic carbocycles. The number of hydrogen-bond donors (Lipinski definition) is 2. The lowest BCUT2D eigenvalue weighted by atomic mass is 9.93. The summed E-state index contributed by atoms with van der Waals surface area (Å²) in [4.78, 5) is 41.1. The maximum atomic E-state index is 13.1. The Bertz CT molecular complexity index is 1110. The Morgan fingerprint density at radius 1 is 1.00 bits per heavy atom. The predicted octanol–water partition coefficient (Wildman–Crippen LogP) is 2.29. The van der Waals surface area contributed by atoms with E-state index in [2.05, 4.69) is 34.5 Å². The Morgan fingerprint density at radius 3 is 2.64 bits per heavy atom. The van der Waals surface area contributed by atoms with E-state index in [4.69, 9.17) is 5.73 Å². The topological polar surface area (TPSA) is 95.7 Å². The molecule has 7 heteroatoms. The molecular formula is C26H30N4O3. The first kappa shape index (κ1) is 21.6. The van der Waals surface area contributed by atoms with Gasteiger partial charge in [0.15, 0.2) is 0 Å². The Balaban J connectivity index is 1.40. The number of nitrogens with one attached hydrogen (secondary N) is 1. The van der Waals surface area contributed by atoms with Gasteiger partial charge in [0.1, 0.15) is 6.04 Å². The molecule has 0 aromatic heterocycles. The number of aryl methyl sites for hydroxylation is 1. The number of anilines is 1. The summed E-state index contributed by atoms with van der Waals surface area (Å²) in [5, 5.41) is 2.38. The molecule has 3 amide bonds. The van der Waals surface area contributed by atoms with Gasteiger partial charge >= 0.3 is 0 Å². The molecule has 0 bridgehead atoms. The van der Waals surface area contributed by atoms with Gasteiger partial charge in [-0.3, -0.25) is 19.7 Å². The number of rotatable bonds is 6. The molecule has 172 valence electrons. The maximum Gasteiger partial charge on any atom is 0.255 e. The fourth-order valence-corrected chi connectivity index (χ4v) is 5.47. The number of amides is 3. The van der Waals surface area contributed by atoms with Crippen molar-refractivity contribution < 1.29 is 14.4 Å². The Morgan fingerprint density at radius 2 is 1.82 bits per heavy atom. The van der Waals surface area contributed by atoms with Gasteiger partial charge in [-0.25, -0.2) is 0 Å². The third-order valence-corrected chi connectivity index (χ3v) is 7.13. The lowest BCUT2D eigenvalue weighted by molar-refractivity contribution is -0.136. The molecule has 0 saturated carbocycles. The van der Waals surface area contributed by atoms with Crippen LogP contribution in [0.4, 0.5) is 5.69 Å². The van der Waals surface area contributed by atoms with Crippen molar-refractivity contribution in [2.45, 2.75) is 57.7 Å². The van der Waals surface area contributed by atoms with Gasteiger partial charge in [-0.2, -0.15) is 0 Å².